The maximum atomic E-state index is 12.0. The molecule has 2 aromatic rings. The van der Waals surface area contributed by atoms with Gasteiger partial charge >= 0.3 is 17.1 Å². The predicted molar refractivity (Wildman–Crippen MR) is 178 cm³/mol. The second-order valence-electron chi connectivity index (χ2n) is 15.0. The van der Waals surface area contributed by atoms with Gasteiger partial charge in [-0.3, -0.25) is 4.57 Å². The Labute approximate surface area is 261 Å². The number of aromatic nitrogens is 4. The van der Waals surface area contributed by atoms with Gasteiger partial charge in [0.2, 0.25) is 0 Å². The summed E-state index contributed by atoms with van der Waals surface area (Å²) in [6, 6.07) is 0. The molecule has 0 spiro atoms. The Hall–Kier alpha value is -1.64. The van der Waals surface area contributed by atoms with E-state index in [4.69, 9.17) is 28.4 Å². The zero-order valence-electron chi connectivity index (χ0n) is 28.3. The highest BCUT2D eigenvalue weighted by Gasteiger charge is 2.62. The molecule has 0 radical (unpaired) electrons. The summed E-state index contributed by atoms with van der Waals surface area (Å²) in [5.74, 6) is 4.03. The lowest BCUT2D eigenvalue weighted by atomic mass is 10.1. The molecule has 2 saturated heterocycles. The van der Waals surface area contributed by atoms with Gasteiger partial charge in [0.25, 0.3) is 0 Å². The number of aliphatic hydroxyl groups is 1. The van der Waals surface area contributed by atoms with Crippen LogP contribution in [0.1, 0.15) is 88.2 Å². The number of hydrogen-bond acceptors (Lipinski definition) is 9. The average molecular weight is 648 g/mol. The van der Waals surface area contributed by atoms with Crippen LogP contribution in [0, 0.1) is 11.5 Å². The van der Waals surface area contributed by atoms with Crippen molar-refractivity contribution in [1.82, 2.24) is 19.5 Å². The van der Waals surface area contributed by atoms with Crippen molar-refractivity contribution in [3.8, 4) is 11.5 Å². The Bertz CT molecular complexity index is 1360. The van der Waals surface area contributed by atoms with Crippen LogP contribution in [-0.4, -0.2) is 74.7 Å². The lowest BCUT2D eigenvalue weighted by molar-refractivity contribution is -0.0573. The number of ether oxygens (including phenoxy) is 1. The summed E-state index contributed by atoms with van der Waals surface area (Å²) in [5, 5.41) is 12.1. The number of nitrogens with two attached hydrogens (primary N) is 1. The fourth-order valence-electron chi connectivity index (χ4n) is 6.01. The second-order valence-corrected chi connectivity index (χ2v) is 28.8. The van der Waals surface area contributed by atoms with Crippen LogP contribution in [0.25, 0.3) is 11.2 Å². The average Bonchev–Trinajstić information content (AvgIpc) is 3.39. The quantitative estimate of drug-likeness (QED) is 0.296. The monoisotopic (exact) mass is 647 g/mol. The van der Waals surface area contributed by atoms with Crippen LogP contribution in [-0.2, 0) is 17.7 Å². The van der Waals surface area contributed by atoms with E-state index in [1.807, 2.05) is 0 Å². The van der Waals surface area contributed by atoms with Crippen LogP contribution < -0.4 is 5.73 Å². The molecule has 2 fully saturated rings. The van der Waals surface area contributed by atoms with E-state index in [-0.39, 0.29) is 39.6 Å². The molecule has 0 amide bonds. The molecule has 3 N–H and O–H groups in total. The molecule has 2 aliphatic heterocycles. The van der Waals surface area contributed by atoms with Crippen LogP contribution in [0.3, 0.4) is 0 Å². The highest BCUT2D eigenvalue weighted by molar-refractivity contribution is 6.87. The zero-order valence-corrected chi connectivity index (χ0v) is 31.3. The van der Waals surface area contributed by atoms with E-state index in [2.05, 4.69) is 111 Å². The first-order valence-electron chi connectivity index (χ1n) is 15.7. The molecule has 4 rings (SSSR count). The Morgan fingerprint density at radius 3 is 2.12 bits per heavy atom. The van der Waals surface area contributed by atoms with Crippen LogP contribution in [0.2, 0.25) is 40.3 Å². The number of imidazole rings is 1. The maximum absolute atomic E-state index is 12.0. The number of fused-ring (bicyclic) bond motifs is 2. The Kier molecular flexibility index (Phi) is 9.51. The zero-order chi connectivity index (χ0) is 32.3. The third-order valence-corrected chi connectivity index (χ3v) is 24.5. The fourth-order valence-corrected chi connectivity index (χ4v) is 18.0. The Balaban J connectivity index is 1.87. The molecule has 10 nitrogen and oxygen atoms in total. The first kappa shape index (κ1) is 34.2. The first-order valence-corrected chi connectivity index (χ1v) is 22.6. The van der Waals surface area contributed by atoms with Crippen molar-refractivity contribution in [2.75, 3.05) is 12.3 Å². The van der Waals surface area contributed by atoms with Gasteiger partial charge in [-0.2, -0.15) is 0 Å². The summed E-state index contributed by atoms with van der Waals surface area (Å²) in [6.07, 6.45) is -1.68. The van der Waals surface area contributed by atoms with Crippen molar-refractivity contribution < 1.29 is 22.8 Å². The molecule has 0 bridgehead atoms. The molecule has 0 aliphatic carbocycles. The summed E-state index contributed by atoms with van der Waals surface area (Å²) in [7, 11) is -7.71. The van der Waals surface area contributed by atoms with Gasteiger partial charge in [0.05, 0.1) is 6.61 Å². The van der Waals surface area contributed by atoms with Gasteiger partial charge in [0, 0.05) is 0 Å². The van der Waals surface area contributed by atoms with E-state index in [1.165, 1.54) is 6.33 Å². The van der Waals surface area contributed by atoms with Crippen LogP contribution in [0.15, 0.2) is 6.33 Å². The van der Waals surface area contributed by atoms with Gasteiger partial charge in [-0.25, -0.2) is 15.0 Å². The molecule has 0 saturated carbocycles. The van der Waals surface area contributed by atoms with Crippen molar-refractivity contribution in [1.29, 1.82) is 0 Å². The Morgan fingerprint density at radius 2 is 1.58 bits per heavy atom. The minimum absolute atomic E-state index is 0.0561. The number of rotatable bonds is 5. The third kappa shape index (κ3) is 5.90. The number of nitrogen functional groups attached to an aromatic ring is 1. The van der Waals surface area contributed by atoms with E-state index in [1.54, 1.807) is 4.57 Å². The highest BCUT2D eigenvalue weighted by Crippen LogP contribution is 2.48. The van der Waals surface area contributed by atoms with E-state index < -0.39 is 49.7 Å². The molecule has 240 valence electrons. The van der Waals surface area contributed by atoms with Gasteiger partial charge in [-0.1, -0.05) is 89.3 Å². The number of hydrogen-bond donors (Lipinski definition) is 2. The molecule has 43 heavy (non-hydrogen) atoms. The van der Waals surface area contributed by atoms with E-state index in [9.17, 15) is 5.11 Å². The predicted octanol–water partition coefficient (Wildman–Crippen LogP) is 6.02. The van der Waals surface area contributed by atoms with Crippen LogP contribution in [0.5, 0.6) is 0 Å². The molecule has 2 aromatic heterocycles. The van der Waals surface area contributed by atoms with E-state index in [0.29, 0.717) is 17.0 Å². The Morgan fingerprint density at radius 1 is 1.00 bits per heavy atom. The summed E-state index contributed by atoms with van der Waals surface area (Å²) >= 11 is 0. The van der Waals surface area contributed by atoms with E-state index >= 15 is 0 Å². The first-order chi connectivity index (χ1) is 19.8. The van der Waals surface area contributed by atoms with Gasteiger partial charge in [-0.15, -0.1) is 5.54 Å². The molecule has 13 heteroatoms. The van der Waals surface area contributed by atoms with Crippen LogP contribution in [0.4, 0.5) is 5.82 Å². The standard InChI is InChI=1S/C30H53N5O5Si3/c1-18(2)42(19(3)4)37-16-22-26(39-43(40-42,20(5)6)21(7)8)25(36)29(38-22)35-23(14-15-41(12,13)30(9,10)11)34-24-27(31)32-17-33-28(24)35/h17-22,25-26,29,36H,16H2,1-13H3,(H2,31,32,33)/t22-,25-,26-,29-/m1/s1. The van der Waals surface area contributed by atoms with Crippen molar-refractivity contribution in [2.24, 2.45) is 0 Å². The second kappa shape index (κ2) is 11.9. The lowest BCUT2D eigenvalue weighted by Crippen LogP contribution is -2.65. The SMILES string of the molecule is CC(C)[Si]1(C(C)C)OC[C@H]2O[C@@H](n3c(C#C[Si](C)(C)C(C)(C)C)nc4c(N)ncnc43)[C@H](O)[C@@H]2O[Si](C(C)C)(C(C)C)O1. The minimum Gasteiger partial charge on any atom is -0.414 e. The molecule has 0 unspecified atom stereocenters. The van der Waals surface area contributed by atoms with E-state index in [0.717, 1.165) is 0 Å². The third-order valence-electron chi connectivity index (χ3n) is 9.76. The molecular weight excluding hydrogens is 595 g/mol. The number of nitrogens with zero attached hydrogens (tertiary/aromatic N) is 4. The van der Waals surface area contributed by atoms with Gasteiger partial charge in [0.1, 0.15) is 32.7 Å². The molecule has 2 aliphatic rings. The number of aliphatic hydroxyl groups excluding tert-OH is 1. The molecule has 4 atom stereocenters. The van der Waals surface area contributed by atoms with Gasteiger partial charge in [-0.05, 0) is 33.1 Å². The molecule has 0 aromatic carbocycles. The maximum Gasteiger partial charge on any atom is 0.335 e. The van der Waals surface area contributed by atoms with Crippen molar-refractivity contribution in [2.45, 2.75) is 141 Å². The minimum atomic E-state index is -2.96. The van der Waals surface area contributed by atoms with Crippen molar-refractivity contribution in [3.63, 3.8) is 0 Å². The normalized spacial score (nSPS) is 26.1. The fraction of sp³-hybridized carbons (Fsp3) is 0.767. The summed E-state index contributed by atoms with van der Waals surface area (Å²) in [4.78, 5) is 13.5. The molecular formula is C30H53N5O5Si3. The molecule has 4 heterocycles. The van der Waals surface area contributed by atoms with Gasteiger partial charge < -0.3 is 28.5 Å². The number of anilines is 1. The topological polar surface area (TPSA) is 127 Å². The highest BCUT2D eigenvalue weighted by atomic mass is 28.5. The van der Waals surface area contributed by atoms with Crippen molar-refractivity contribution in [3.05, 3.63) is 12.2 Å². The largest absolute Gasteiger partial charge is 0.414 e. The van der Waals surface area contributed by atoms with Crippen LogP contribution >= 0.6 is 0 Å². The van der Waals surface area contributed by atoms with Gasteiger partial charge in [0.15, 0.2) is 29.0 Å². The smallest absolute Gasteiger partial charge is 0.335 e. The summed E-state index contributed by atoms with van der Waals surface area (Å²) in [6.45, 7) is 28.8. The lowest BCUT2D eigenvalue weighted by Gasteiger charge is -2.51. The summed E-state index contributed by atoms with van der Waals surface area (Å²) < 4.78 is 29.8. The van der Waals surface area contributed by atoms with Crippen molar-refractivity contribution >= 4 is 42.2 Å². The summed E-state index contributed by atoms with van der Waals surface area (Å²) in [5.41, 5.74) is 11.3.